The molecule has 2 aliphatic heterocycles. The van der Waals surface area contributed by atoms with Crippen LogP contribution < -0.4 is 9.80 Å². The van der Waals surface area contributed by atoms with Crippen molar-refractivity contribution in [3.63, 3.8) is 0 Å². The zero-order valence-electron chi connectivity index (χ0n) is 18.1. The second-order valence-electron chi connectivity index (χ2n) is 8.91. The molecule has 31 heavy (non-hydrogen) atoms. The van der Waals surface area contributed by atoms with Gasteiger partial charge in [-0.25, -0.2) is 4.90 Å². The number of benzene rings is 2. The van der Waals surface area contributed by atoms with Crippen molar-refractivity contribution < 1.29 is 19.2 Å². The van der Waals surface area contributed by atoms with Gasteiger partial charge in [0.15, 0.2) is 5.78 Å². The molecule has 0 unspecified atom stereocenters. The second kappa shape index (κ2) is 7.30. The number of Topliss-reactive ketones (excluding diaryl/α,β-unsaturated/α-hetero) is 1. The average Bonchev–Trinajstić information content (AvgIpc) is 3.27. The van der Waals surface area contributed by atoms with E-state index in [-0.39, 0.29) is 17.3 Å². The molecule has 158 valence electrons. The van der Waals surface area contributed by atoms with Gasteiger partial charge in [-0.3, -0.25) is 19.2 Å². The summed E-state index contributed by atoms with van der Waals surface area (Å²) in [6, 6.07) is 12.0. The lowest BCUT2D eigenvalue weighted by Crippen LogP contribution is -2.39. The molecule has 2 aromatic carbocycles. The molecule has 0 aliphatic carbocycles. The Hall–Kier alpha value is -3.54. The van der Waals surface area contributed by atoms with Gasteiger partial charge in [0, 0.05) is 29.2 Å². The van der Waals surface area contributed by atoms with E-state index in [1.54, 1.807) is 35.2 Å². The van der Waals surface area contributed by atoms with E-state index in [0.717, 1.165) is 10.5 Å². The Morgan fingerprint density at radius 1 is 0.968 bits per heavy atom. The van der Waals surface area contributed by atoms with Gasteiger partial charge < -0.3 is 4.90 Å². The van der Waals surface area contributed by atoms with Crippen LogP contribution in [0.4, 0.5) is 11.4 Å². The molecule has 0 N–H and O–H groups in total. The Labute approximate surface area is 181 Å². The molecular weight excluding hydrogens is 392 g/mol. The van der Waals surface area contributed by atoms with E-state index in [4.69, 9.17) is 0 Å². The Kier molecular flexibility index (Phi) is 4.88. The van der Waals surface area contributed by atoms with Gasteiger partial charge in [0.25, 0.3) is 11.8 Å². The number of hydrogen-bond donors (Lipinski definition) is 0. The minimum absolute atomic E-state index is 0.0206. The maximum Gasteiger partial charge on any atom is 0.266 e. The molecule has 4 rings (SSSR count). The number of imide groups is 1. The zero-order chi connectivity index (χ0) is 22.5. The quantitative estimate of drug-likeness (QED) is 0.564. The highest BCUT2D eigenvalue weighted by atomic mass is 16.2. The van der Waals surface area contributed by atoms with Gasteiger partial charge in [-0.1, -0.05) is 39.0 Å². The van der Waals surface area contributed by atoms with Crippen LogP contribution in [0.5, 0.6) is 0 Å². The molecule has 0 saturated heterocycles. The number of nitrogens with zero attached hydrogens (tertiary/aromatic N) is 2. The highest BCUT2D eigenvalue weighted by molar-refractivity contribution is 6.44. The number of amides is 3. The molecule has 2 heterocycles. The van der Waals surface area contributed by atoms with Gasteiger partial charge in [0.2, 0.25) is 5.91 Å². The highest BCUT2D eigenvalue weighted by Crippen LogP contribution is 2.40. The number of fused-ring (bicyclic) bond motifs is 1. The van der Waals surface area contributed by atoms with E-state index in [2.05, 4.69) is 0 Å². The first-order valence-corrected chi connectivity index (χ1v) is 10.2. The summed E-state index contributed by atoms with van der Waals surface area (Å²) in [6.45, 7) is 7.61. The topological polar surface area (TPSA) is 74.8 Å². The van der Waals surface area contributed by atoms with E-state index in [1.807, 2.05) is 32.9 Å². The maximum atomic E-state index is 13.3. The molecule has 0 atom stereocenters. The summed E-state index contributed by atoms with van der Waals surface area (Å²) in [5.74, 6) is -0.996. The first-order valence-electron chi connectivity index (χ1n) is 10.2. The predicted molar refractivity (Wildman–Crippen MR) is 119 cm³/mol. The van der Waals surface area contributed by atoms with Crippen molar-refractivity contribution in [3.8, 4) is 0 Å². The first kappa shape index (κ1) is 20.7. The SMILES string of the molecule is CC(=O)c1ccc(N2C(=O)C=C(c3cccc4c3N(C(=O)C(C)(C)C)CC4)C2=O)cc1. The van der Waals surface area contributed by atoms with E-state index < -0.39 is 17.2 Å². The molecule has 0 bridgehead atoms. The van der Waals surface area contributed by atoms with Crippen LogP contribution in [0.3, 0.4) is 0 Å². The van der Waals surface area contributed by atoms with Crippen LogP contribution in [-0.4, -0.2) is 30.0 Å². The standard InChI is InChI=1S/C25H24N2O4/c1-15(28)16-8-10-18(11-9-16)27-21(29)14-20(23(27)30)19-7-5-6-17-12-13-26(22(17)19)24(31)25(2,3)4/h5-11,14H,12-13H2,1-4H3. The van der Waals surface area contributed by atoms with Gasteiger partial charge in [-0.2, -0.15) is 0 Å². The van der Waals surface area contributed by atoms with Crippen molar-refractivity contribution in [2.45, 2.75) is 34.1 Å². The minimum atomic E-state index is -0.566. The van der Waals surface area contributed by atoms with E-state index >= 15 is 0 Å². The van der Waals surface area contributed by atoms with Crippen molar-refractivity contribution >= 4 is 40.5 Å². The molecular formula is C25H24N2O4. The second-order valence-corrected chi connectivity index (χ2v) is 8.91. The minimum Gasteiger partial charge on any atom is -0.311 e. The largest absolute Gasteiger partial charge is 0.311 e. The fourth-order valence-electron chi connectivity index (χ4n) is 4.03. The lowest BCUT2D eigenvalue weighted by molar-refractivity contribution is -0.125. The highest BCUT2D eigenvalue weighted by Gasteiger charge is 2.39. The number of hydrogen-bond acceptors (Lipinski definition) is 4. The van der Waals surface area contributed by atoms with Crippen LogP contribution in [0.25, 0.3) is 5.57 Å². The molecule has 0 fully saturated rings. The average molecular weight is 416 g/mol. The number of carbonyl (C=O) groups is 4. The normalized spacial score (nSPS) is 15.9. The number of carbonyl (C=O) groups excluding carboxylic acids is 4. The summed E-state index contributed by atoms with van der Waals surface area (Å²) in [5.41, 5.74) is 2.90. The Balaban J connectivity index is 1.72. The predicted octanol–water partition coefficient (Wildman–Crippen LogP) is 3.78. The van der Waals surface area contributed by atoms with E-state index in [1.165, 1.54) is 13.0 Å². The van der Waals surface area contributed by atoms with Crippen LogP contribution in [0.1, 0.15) is 49.2 Å². The summed E-state index contributed by atoms with van der Waals surface area (Å²) in [4.78, 5) is 53.4. The van der Waals surface area contributed by atoms with Gasteiger partial charge >= 0.3 is 0 Å². The fourth-order valence-corrected chi connectivity index (χ4v) is 4.03. The van der Waals surface area contributed by atoms with Crippen molar-refractivity contribution in [1.29, 1.82) is 0 Å². The molecule has 0 radical (unpaired) electrons. The third-order valence-electron chi connectivity index (χ3n) is 5.62. The molecule has 2 aromatic rings. The van der Waals surface area contributed by atoms with E-state index in [0.29, 0.717) is 35.5 Å². The fraction of sp³-hybridized carbons (Fsp3) is 0.280. The van der Waals surface area contributed by atoms with Gasteiger partial charge in [-0.05, 0) is 43.2 Å². The summed E-state index contributed by atoms with van der Waals surface area (Å²) >= 11 is 0. The molecule has 6 nitrogen and oxygen atoms in total. The molecule has 0 aromatic heterocycles. The van der Waals surface area contributed by atoms with Gasteiger partial charge in [0.05, 0.1) is 16.9 Å². The summed E-state index contributed by atoms with van der Waals surface area (Å²) in [6.07, 6.45) is 2.03. The summed E-state index contributed by atoms with van der Waals surface area (Å²) < 4.78 is 0. The number of para-hydroxylation sites is 1. The van der Waals surface area contributed by atoms with Crippen LogP contribution in [0.15, 0.2) is 48.5 Å². The molecule has 2 aliphatic rings. The summed E-state index contributed by atoms with van der Waals surface area (Å²) in [7, 11) is 0. The molecule has 6 heteroatoms. The summed E-state index contributed by atoms with van der Waals surface area (Å²) in [5, 5.41) is 0. The van der Waals surface area contributed by atoms with E-state index in [9.17, 15) is 19.2 Å². The monoisotopic (exact) mass is 416 g/mol. The Morgan fingerprint density at radius 2 is 1.65 bits per heavy atom. The van der Waals surface area contributed by atoms with Crippen molar-refractivity contribution in [3.05, 3.63) is 65.2 Å². The van der Waals surface area contributed by atoms with Crippen LogP contribution in [-0.2, 0) is 20.8 Å². The molecule has 0 spiro atoms. The van der Waals surface area contributed by atoms with Gasteiger partial charge in [0.1, 0.15) is 0 Å². The van der Waals surface area contributed by atoms with Crippen molar-refractivity contribution in [2.24, 2.45) is 5.41 Å². The smallest absolute Gasteiger partial charge is 0.266 e. The third kappa shape index (κ3) is 3.48. The van der Waals surface area contributed by atoms with Gasteiger partial charge in [-0.15, -0.1) is 0 Å². The molecule has 3 amide bonds. The maximum absolute atomic E-state index is 13.3. The lowest BCUT2D eigenvalue weighted by Gasteiger charge is -2.28. The number of rotatable bonds is 3. The Bertz CT molecular complexity index is 1150. The molecule has 0 saturated carbocycles. The third-order valence-corrected chi connectivity index (χ3v) is 5.62. The number of ketones is 1. The van der Waals surface area contributed by atoms with Crippen LogP contribution in [0.2, 0.25) is 0 Å². The van der Waals surface area contributed by atoms with Crippen molar-refractivity contribution in [1.82, 2.24) is 0 Å². The lowest BCUT2D eigenvalue weighted by atomic mass is 9.93. The zero-order valence-corrected chi connectivity index (χ0v) is 18.1. The first-order chi connectivity index (χ1) is 14.6. The Morgan fingerprint density at radius 3 is 2.26 bits per heavy atom. The van der Waals surface area contributed by atoms with Crippen molar-refractivity contribution in [2.75, 3.05) is 16.3 Å². The van der Waals surface area contributed by atoms with Crippen LogP contribution >= 0.6 is 0 Å². The van der Waals surface area contributed by atoms with Crippen LogP contribution in [0, 0.1) is 5.41 Å². The number of anilines is 2.